The Balaban J connectivity index is 2.77. The van der Waals surface area contributed by atoms with Crippen LogP contribution in [0.1, 0.15) is 0 Å². The van der Waals surface area contributed by atoms with Gasteiger partial charge in [0.2, 0.25) is 0 Å². The van der Waals surface area contributed by atoms with E-state index in [0.29, 0.717) is 10.8 Å². The second-order valence-electron chi connectivity index (χ2n) is 2.86. The largest absolute Gasteiger partial charge is 0.495 e. The van der Waals surface area contributed by atoms with Crippen molar-refractivity contribution in [2.75, 3.05) is 7.11 Å². The number of hydrogen-bond donors (Lipinski definition) is 0. The predicted octanol–water partition coefficient (Wildman–Crippen LogP) is 2.74. The van der Waals surface area contributed by atoms with Gasteiger partial charge in [-0.15, -0.1) is 0 Å². The molecule has 70 valence electrons. The summed E-state index contributed by atoms with van der Waals surface area (Å²) in [4.78, 5) is 0. The van der Waals surface area contributed by atoms with Gasteiger partial charge in [0.1, 0.15) is 5.75 Å². The smallest absolute Gasteiger partial charge is 0.138 e. The quantitative estimate of drug-likeness (QED) is 0.653. The minimum absolute atomic E-state index is 0.565. The summed E-state index contributed by atoms with van der Waals surface area (Å²) in [6, 6.07) is 8.12. The van der Waals surface area contributed by atoms with E-state index >= 15 is 0 Å². The number of benzene rings is 1. The van der Waals surface area contributed by atoms with Crippen LogP contribution < -0.4 is 4.74 Å². The Morgan fingerprint density at radius 1 is 1.50 bits per heavy atom. The molecule has 0 amide bonds. The molecule has 2 nitrogen and oxygen atoms in total. The summed E-state index contributed by atoms with van der Waals surface area (Å²) in [7, 11) is 1.59. The van der Waals surface area contributed by atoms with Crippen LogP contribution in [-0.4, -0.2) is 11.7 Å². The molecule has 0 aliphatic carbocycles. The van der Waals surface area contributed by atoms with Crippen LogP contribution in [0.15, 0.2) is 24.4 Å². The van der Waals surface area contributed by atoms with Crippen LogP contribution in [0, 0.1) is 12.5 Å². The first kappa shape index (κ1) is 8.98. The summed E-state index contributed by atoms with van der Waals surface area (Å²) < 4.78 is 6.78. The molecule has 0 saturated carbocycles. The molecule has 14 heavy (non-hydrogen) atoms. The summed E-state index contributed by atoms with van der Waals surface area (Å²) in [6.07, 6.45) is 7.14. The summed E-state index contributed by atoms with van der Waals surface area (Å²) in [5.41, 5.74) is 0.915. The highest BCUT2D eigenvalue weighted by Gasteiger charge is 2.05. The van der Waals surface area contributed by atoms with Gasteiger partial charge in [0.05, 0.1) is 17.6 Å². The molecule has 0 atom stereocenters. The molecule has 3 heteroatoms. The Kier molecular flexibility index (Phi) is 2.11. The molecule has 0 bridgehead atoms. The molecule has 0 spiro atoms. The Bertz CT molecular complexity index is 522. The molecular weight excluding hydrogens is 198 g/mol. The lowest BCUT2D eigenvalue weighted by Crippen LogP contribution is -1.87. The van der Waals surface area contributed by atoms with Gasteiger partial charge in [0.25, 0.3) is 0 Å². The second-order valence-corrected chi connectivity index (χ2v) is 3.27. The fraction of sp³-hybridized carbons (Fsp3) is 0.0909. The molecule has 0 unspecified atom stereocenters. The van der Waals surface area contributed by atoms with E-state index in [4.69, 9.17) is 22.8 Å². The third kappa shape index (κ3) is 1.23. The van der Waals surface area contributed by atoms with Gasteiger partial charge in [0.15, 0.2) is 0 Å². The van der Waals surface area contributed by atoms with Gasteiger partial charge in [-0.1, -0.05) is 18.0 Å². The third-order valence-electron chi connectivity index (χ3n) is 2.10. The number of rotatable bonds is 1. The van der Waals surface area contributed by atoms with Gasteiger partial charge < -0.3 is 4.74 Å². The normalized spacial score (nSPS) is 10.1. The van der Waals surface area contributed by atoms with E-state index in [-0.39, 0.29) is 0 Å². The maximum Gasteiger partial charge on any atom is 0.138 e. The van der Waals surface area contributed by atoms with Crippen LogP contribution in [0.5, 0.6) is 5.75 Å². The minimum atomic E-state index is 0.565. The zero-order chi connectivity index (χ0) is 10.1. The van der Waals surface area contributed by atoms with E-state index in [1.165, 1.54) is 0 Å². The van der Waals surface area contributed by atoms with Crippen molar-refractivity contribution in [1.82, 2.24) is 4.57 Å². The first-order valence-electron chi connectivity index (χ1n) is 4.07. The molecule has 0 aliphatic rings. The molecule has 0 saturated heterocycles. The molecule has 0 fully saturated rings. The van der Waals surface area contributed by atoms with Crippen LogP contribution in [0.2, 0.25) is 5.02 Å². The number of halogens is 1. The van der Waals surface area contributed by atoms with E-state index in [1.807, 2.05) is 18.3 Å². The Hall–Kier alpha value is -1.59. The monoisotopic (exact) mass is 205 g/mol. The average Bonchev–Trinajstić information content (AvgIpc) is 2.58. The van der Waals surface area contributed by atoms with Gasteiger partial charge in [-0.3, -0.25) is 4.57 Å². The second kappa shape index (κ2) is 3.28. The lowest BCUT2D eigenvalue weighted by atomic mass is 10.2. The van der Waals surface area contributed by atoms with E-state index in [1.54, 1.807) is 17.7 Å². The standard InChI is InChI=1S/C11H8ClNO/c1-3-13-5-4-8-6-11(14-2)9(12)7-10(8)13/h1,4-7H,2H3. The molecule has 1 aromatic carbocycles. The minimum Gasteiger partial charge on any atom is -0.495 e. The van der Waals surface area contributed by atoms with Gasteiger partial charge in [-0.05, 0) is 18.2 Å². The third-order valence-corrected chi connectivity index (χ3v) is 2.40. The predicted molar refractivity (Wildman–Crippen MR) is 57.7 cm³/mol. The number of aromatic nitrogens is 1. The number of hydrogen-bond acceptors (Lipinski definition) is 1. The molecule has 2 aromatic rings. The van der Waals surface area contributed by atoms with Gasteiger partial charge in [-0.2, -0.15) is 0 Å². The number of methoxy groups -OCH3 is 1. The van der Waals surface area contributed by atoms with Gasteiger partial charge in [0, 0.05) is 17.6 Å². The van der Waals surface area contributed by atoms with Crippen molar-refractivity contribution in [3.8, 4) is 18.2 Å². The van der Waals surface area contributed by atoms with Gasteiger partial charge >= 0.3 is 0 Å². The van der Waals surface area contributed by atoms with Crippen LogP contribution in [-0.2, 0) is 0 Å². The highest BCUT2D eigenvalue weighted by molar-refractivity contribution is 6.32. The lowest BCUT2D eigenvalue weighted by Gasteiger charge is -2.03. The molecular formula is C11H8ClNO. The first-order chi connectivity index (χ1) is 6.76. The number of ether oxygens (including phenoxy) is 1. The first-order valence-corrected chi connectivity index (χ1v) is 4.45. The van der Waals surface area contributed by atoms with Crippen molar-refractivity contribution >= 4 is 22.5 Å². The molecule has 0 aliphatic heterocycles. The Labute approximate surface area is 87.0 Å². The zero-order valence-electron chi connectivity index (χ0n) is 7.62. The fourth-order valence-corrected chi connectivity index (χ4v) is 1.64. The Morgan fingerprint density at radius 2 is 2.29 bits per heavy atom. The SMILES string of the molecule is C#Cn1ccc2cc(OC)c(Cl)cc21. The Morgan fingerprint density at radius 3 is 2.93 bits per heavy atom. The number of nitrogens with zero attached hydrogens (tertiary/aromatic N) is 1. The summed E-state index contributed by atoms with van der Waals surface area (Å²) >= 11 is 5.98. The highest BCUT2D eigenvalue weighted by Crippen LogP contribution is 2.30. The van der Waals surface area contributed by atoms with Crippen LogP contribution >= 0.6 is 11.6 Å². The summed E-state index contributed by atoms with van der Waals surface area (Å²) in [5, 5.41) is 1.58. The average molecular weight is 206 g/mol. The fourth-order valence-electron chi connectivity index (χ4n) is 1.40. The van der Waals surface area contributed by atoms with Crippen molar-refractivity contribution in [1.29, 1.82) is 0 Å². The van der Waals surface area contributed by atoms with Crippen molar-refractivity contribution in [2.24, 2.45) is 0 Å². The van der Waals surface area contributed by atoms with E-state index in [0.717, 1.165) is 10.9 Å². The van der Waals surface area contributed by atoms with Gasteiger partial charge in [-0.25, -0.2) is 0 Å². The zero-order valence-corrected chi connectivity index (χ0v) is 8.38. The molecule has 2 rings (SSSR count). The molecule has 1 heterocycles. The van der Waals surface area contributed by atoms with Crippen LogP contribution in [0.3, 0.4) is 0 Å². The van der Waals surface area contributed by atoms with Crippen molar-refractivity contribution < 1.29 is 4.74 Å². The topological polar surface area (TPSA) is 14.2 Å². The van der Waals surface area contributed by atoms with Crippen LogP contribution in [0.4, 0.5) is 0 Å². The molecule has 1 aromatic heterocycles. The maximum absolute atomic E-state index is 5.98. The van der Waals surface area contributed by atoms with Crippen LogP contribution in [0.25, 0.3) is 10.9 Å². The van der Waals surface area contributed by atoms with Crippen molar-refractivity contribution in [2.45, 2.75) is 0 Å². The summed E-state index contributed by atoms with van der Waals surface area (Å²) in [6.45, 7) is 0. The van der Waals surface area contributed by atoms with E-state index < -0.39 is 0 Å². The lowest BCUT2D eigenvalue weighted by molar-refractivity contribution is 0.415. The van der Waals surface area contributed by atoms with E-state index in [2.05, 4.69) is 6.04 Å². The van der Waals surface area contributed by atoms with E-state index in [9.17, 15) is 0 Å². The molecule has 0 N–H and O–H groups in total. The maximum atomic E-state index is 5.98. The van der Waals surface area contributed by atoms with Crippen molar-refractivity contribution in [3.63, 3.8) is 0 Å². The number of fused-ring (bicyclic) bond motifs is 1. The van der Waals surface area contributed by atoms with Crippen molar-refractivity contribution in [3.05, 3.63) is 29.4 Å². The highest BCUT2D eigenvalue weighted by atomic mass is 35.5. The molecule has 0 radical (unpaired) electrons. The summed E-state index contributed by atoms with van der Waals surface area (Å²) in [5.74, 6) is 0.661. The number of terminal acetylenes is 1.